The molecule has 0 spiro atoms. The van der Waals surface area contributed by atoms with E-state index in [0.29, 0.717) is 17.8 Å². The second-order valence-electron chi connectivity index (χ2n) is 6.93. The van der Waals surface area contributed by atoms with E-state index in [9.17, 15) is 9.90 Å². The Morgan fingerprint density at radius 2 is 1.65 bits per heavy atom. The molecular formula is C13H30O4Si3. The highest BCUT2D eigenvalue weighted by Gasteiger charge is 2.25. The number of hydrogen-bond donors (Lipinski definition) is 1. The highest BCUT2D eigenvalue weighted by Crippen LogP contribution is 2.21. The van der Waals surface area contributed by atoms with Crippen LogP contribution in [0, 0.1) is 0 Å². The summed E-state index contributed by atoms with van der Waals surface area (Å²) in [6.45, 7) is 12.6. The molecule has 0 bridgehead atoms. The molecule has 0 unspecified atom stereocenters. The fourth-order valence-corrected chi connectivity index (χ4v) is 3.42. The summed E-state index contributed by atoms with van der Waals surface area (Å²) in [5.74, 6) is -0.268. The van der Waals surface area contributed by atoms with Gasteiger partial charge in [0, 0.05) is 16.7 Å². The van der Waals surface area contributed by atoms with Crippen LogP contribution in [0.5, 0.6) is 0 Å². The van der Waals surface area contributed by atoms with Crippen LogP contribution >= 0.6 is 0 Å². The van der Waals surface area contributed by atoms with Crippen molar-refractivity contribution in [3.63, 3.8) is 0 Å². The molecule has 0 aromatic rings. The summed E-state index contributed by atoms with van der Waals surface area (Å²) in [5, 5.41) is 9.46. The minimum absolute atomic E-state index is 0.159. The summed E-state index contributed by atoms with van der Waals surface area (Å²) in [5.41, 5.74) is 0.310. The number of carboxylic acid groups (broad SMARTS) is 1. The smallest absolute Gasteiger partial charge is 0.337 e. The summed E-state index contributed by atoms with van der Waals surface area (Å²) in [7, 11) is -2.41. The van der Waals surface area contributed by atoms with Gasteiger partial charge in [0.1, 0.15) is 0 Å². The molecular weight excluding hydrogens is 304 g/mol. The number of carbonyl (C=O) groups is 1. The predicted octanol–water partition coefficient (Wildman–Crippen LogP) is 2.59. The van der Waals surface area contributed by atoms with Crippen LogP contribution in [0.15, 0.2) is 11.3 Å². The Balaban J connectivity index is 5.23. The molecule has 1 N–H and O–H groups in total. The fourth-order valence-electron chi connectivity index (χ4n) is 1.52. The van der Waals surface area contributed by atoms with Gasteiger partial charge in [0.05, 0.1) is 17.9 Å². The first kappa shape index (κ1) is 19.6. The van der Waals surface area contributed by atoms with Crippen LogP contribution in [0.2, 0.25) is 45.3 Å². The quantitative estimate of drug-likeness (QED) is 0.400. The summed E-state index contributed by atoms with van der Waals surface area (Å²) < 4.78 is 11.8. The zero-order valence-electron chi connectivity index (χ0n) is 14.0. The van der Waals surface area contributed by atoms with Crippen molar-refractivity contribution in [2.75, 3.05) is 6.61 Å². The summed E-state index contributed by atoms with van der Waals surface area (Å²) >= 11 is 0. The molecule has 0 rings (SSSR count). The molecule has 0 saturated carbocycles. The molecule has 0 atom stereocenters. The molecule has 0 heterocycles. The van der Waals surface area contributed by atoms with E-state index < -0.39 is 22.6 Å². The molecule has 0 radical (unpaired) electrons. The SMILES string of the molecule is C[Si](C)(C)OCC(C(=O)O)=C(CCC[SiH3])O[Si](C)(C)C. The highest BCUT2D eigenvalue weighted by molar-refractivity contribution is 6.70. The van der Waals surface area contributed by atoms with E-state index in [1.165, 1.54) is 0 Å². The molecule has 7 heteroatoms. The number of allylic oxidation sites excluding steroid dienone is 1. The number of rotatable bonds is 9. The number of hydrogen-bond acceptors (Lipinski definition) is 3. The standard InChI is InChI=1S/C13H30O4Si3/c1-19(2,3)16-10-11(13(14)15)12(8-7-9-18)17-20(4,5)6/h7-10H2,1-6,18H3,(H,14,15). The van der Waals surface area contributed by atoms with Crippen molar-refractivity contribution in [1.82, 2.24) is 0 Å². The Bertz CT molecular complexity index is 354. The third kappa shape index (κ3) is 9.51. The lowest BCUT2D eigenvalue weighted by atomic mass is 10.2. The molecule has 0 fully saturated rings. The zero-order chi connectivity index (χ0) is 16.0. The van der Waals surface area contributed by atoms with Crippen molar-refractivity contribution in [1.29, 1.82) is 0 Å². The Labute approximate surface area is 128 Å². The van der Waals surface area contributed by atoms with Gasteiger partial charge in [0.2, 0.25) is 8.32 Å². The van der Waals surface area contributed by atoms with Crippen LogP contribution in [0.25, 0.3) is 0 Å². The van der Waals surface area contributed by atoms with Gasteiger partial charge in [-0.15, -0.1) is 0 Å². The van der Waals surface area contributed by atoms with E-state index >= 15 is 0 Å². The molecule has 20 heavy (non-hydrogen) atoms. The molecule has 0 aromatic carbocycles. The third-order valence-electron chi connectivity index (χ3n) is 2.43. The maximum atomic E-state index is 11.5. The first-order valence-corrected chi connectivity index (χ1v) is 15.5. The van der Waals surface area contributed by atoms with Gasteiger partial charge in [-0.2, -0.15) is 0 Å². The number of aliphatic carboxylic acids is 1. The summed E-state index contributed by atoms with van der Waals surface area (Å²) in [6.07, 6.45) is 1.71. The molecule has 0 saturated heterocycles. The second kappa shape index (κ2) is 8.16. The molecule has 118 valence electrons. The van der Waals surface area contributed by atoms with Crippen LogP contribution < -0.4 is 0 Å². The van der Waals surface area contributed by atoms with Gasteiger partial charge >= 0.3 is 5.97 Å². The van der Waals surface area contributed by atoms with Crippen LogP contribution in [0.4, 0.5) is 0 Å². The normalized spacial score (nSPS) is 14.1. The van der Waals surface area contributed by atoms with Gasteiger partial charge in [0.25, 0.3) is 0 Å². The monoisotopic (exact) mass is 334 g/mol. The lowest BCUT2D eigenvalue weighted by Gasteiger charge is -2.25. The third-order valence-corrected chi connectivity index (χ3v) is 5.01. The van der Waals surface area contributed by atoms with Crippen LogP contribution in [0.1, 0.15) is 12.8 Å². The minimum atomic E-state index is -1.81. The van der Waals surface area contributed by atoms with Crippen molar-refractivity contribution in [2.45, 2.75) is 58.2 Å². The van der Waals surface area contributed by atoms with Crippen molar-refractivity contribution in [3.8, 4) is 0 Å². The van der Waals surface area contributed by atoms with Gasteiger partial charge < -0.3 is 14.0 Å². The highest BCUT2D eigenvalue weighted by atomic mass is 28.4. The number of carboxylic acids is 1. The maximum Gasteiger partial charge on any atom is 0.337 e. The fraction of sp³-hybridized carbons (Fsp3) is 0.769. The first-order valence-electron chi connectivity index (χ1n) is 7.24. The van der Waals surface area contributed by atoms with E-state index in [-0.39, 0.29) is 6.61 Å². The van der Waals surface area contributed by atoms with Gasteiger partial charge in [-0.05, 0) is 45.7 Å². The van der Waals surface area contributed by atoms with Gasteiger partial charge in [0.15, 0.2) is 8.32 Å². The first-order chi connectivity index (χ1) is 8.96. The maximum absolute atomic E-state index is 11.5. The average Bonchev–Trinajstić information content (AvgIpc) is 2.21. The van der Waals surface area contributed by atoms with E-state index in [1.54, 1.807) is 0 Å². The van der Waals surface area contributed by atoms with Crippen molar-refractivity contribution >= 4 is 32.8 Å². The molecule has 0 aliphatic rings. The summed E-state index contributed by atoms with van der Waals surface area (Å²) in [4.78, 5) is 11.5. The topological polar surface area (TPSA) is 55.8 Å². The van der Waals surface area contributed by atoms with Gasteiger partial charge in [-0.3, -0.25) is 0 Å². The van der Waals surface area contributed by atoms with Crippen molar-refractivity contribution in [3.05, 3.63) is 11.3 Å². The Morgan fingerprint density at radius 1 is 1.10 bits per heavy atom. The van der Waals surface area contributed by atoms with Crippen LogP contribution in [-0.2, 0) is 13.6 Å². The van der Waals surface area contributed by atoms with Gasteiger partial charge in [-0.25, -0.2) is 4.79 Å². The Hall–Kier alpha value is -0.379. The molecule has 0 aliphatic carbocycles. The van der Waals surface area contributed by atoms with Crippen LogP contribution in [0.3, 0.4) is 0 Å². The Kier molecular flexibility index (Phi) is 8.00. The zero-order valence-corrected chi connectivity index (χ0v) is 18.0. The summed E-state index contributed by atoms with van der Waals surface area (Å²) in [6, 6.07) is 1.15. The van der Waals surface area contributed by atoms with E-state index in [4.69, 9.17) is 8.85 Å². The Morgan fingerprint density at radius 3 is 2.00 bits per heavy atom. The lowest BCUT2D eigenvalue weighted by molar-refractivity contribution is -0.133. The minimum Gasteiger partial charge on any atom is -0.547 e. The molecule has 0 aliphatic heterocycles. The van der Waals surface area contributed by atoms with Crippen molar-refractivity contribution in [2.24, 2.45) is 0 Å². The van der Waals surface area contributed by atoms with E-state index in [2.05, 4.69) is 39.3 Å². The van der Waals surface area contributed by atoms with Crippen LogP contribution in [-0.4, -0.2) is 44.6 Å². The molecule has 0 aromatic heterocycles. The molecule has 4 nitrogen and oxygen atoms in total. The average molecular weight is 335 g/mol. The van der Waals surface area contributed by atoms with Crippen molar-refractivity contribution < 1.29 is 18.8 Å². The predicted molar refractivity (Wildman–Crippen MR) is 92.4 cm³/mol. The lowest BCUT2D eigenvalue weighted by Crippen LogP contribution is -2.30. The van der Waals surface area contributed by atoms with E-state index in [1.807, 2.05) is 0 Å². The molecule has 0 amide bonds. The van der Waals surface area contributed by atoms with E-state index in [0.717, 1.165) is 22.7 Å². The van der Waals surface area contributed by atoms with Gasteiger partial charge in [-0.1, -0.05) is 6.04 Å². The largest absolute Gasteiger partial charge is 0.547 e. The second-order valence-corrected chi connectivity index (χ2v) is 16.9.